The summed E-state index contributed by atoms with van der Waals surface area (Å²) in [5.41, 5.74) is 1.42. The molecule has 2 rings (SSSR count). The predicted molar refractivity (Wildman–Crippen MR) is 76.3 cm³/mol. The zero-order chi connectivity index (χ0) is 14.5. The Morgan fingerprint density at radius 1 is 1.40 bits per heavy atom. The Morgan fingerprint density at radius 2 is 2.20 bits per heavy atom. The number of aliphatic carboxylic acids is 1. The van der Waals surface area contributed by atoms with Crippen LogP contribution in [0.25, 0.3) is 0 Å². The number of pyridine rings is 1. The SMILES string of the molecule is COc1ncccc1CC(C(=O)O)c1cccc(Cl)c1. The lowest BCUT2D eigenvalue weighted by Gasteiger charge is -2.14. The summed E-state index contributed by atoms with van der Waals surface area (Å²) in [6, 6.07) is 10.5. The quantitative estimate of drug-likeness (QED) is 0.919. The molecule has 104 valence electrons. The average molecular weight is 292 g/mol. The second-order valence-electron chi connectivity index (χ2n) is 4.32. The van der Waals surface area contributed by atoms with Crippen molar-refractivity contribution in [3.05, 3.63) is 58.7 Å². The maximum Gasteiger partial charge on any atom is 0.311 e. The first kappa shape index (κ1) is 14.3. The molecule has 0 aliphatic heterocycles. The van der Waals surface area contributed by atoms with E-state index in [1.807, 2.05) is 6.07 Å². The number of methoxy groups -OCH3 is 1. The van der Waals surface area contributed by atoms with Crippen LogP contribution in [0.4, 0.5) is 0 Å². The average Bonchev–Trinajstić information content (AvgIpc) is 2.44. The van der Waals surface area contributed by atoms with Crippen molar-refractivity contribution in [1.29, 1.82) is 0 Å². The van der Waals surface area contributed by atoms with Crippen LogP contribution in [-0.2, 0) is 11.2 Å². The number of ether oxygens (including phenoxy) is 1. The first-order valence-corrected chi connectivity index (χ1v) is 6.45. The minimum Gasteiger partial charge on any atom is -0.481 e. The predicted octanol–water partition coefficient (Wildman–Crippen LogP) is 3.15. The van der Waals surface area contributed by atoms with Crippen molar-refractivity contribution in [2.45, 2.75) is 12.3 Å². The minimum atomic E-state index is -0.904. The summed E-state index contributed by atoms with van der Waals surface area (Å²) in [7, 11) is 1.51. The van der Waals surface area contributed by atoms with Gasteiger partial charge in [-0.3, -0.25) is 4.79 Å². The fraction of sp³-hybridized carbons (Fsp3) is 0.200. The van der Waals surface area contributed by atoms with E-state index < -0.39 is 11.9 Å². The molecule has 0 saturated carbocycles. The fourth-order valence-electron chi connectivity index (χ4n) is 2.05. The van der Waals surface area contributed by atoms with E-state index in [1.54, 1.807) is 36.5 Å². The number of carboxylic acid groups (broad SMARTS) is 1. The van der Waals surface area contributed by atoms with Gasteiger partial charge in [-0.25, -0.2) is 4.98 Å². The summed E-state index contributed by atoms with van der Waals surface area (Å²) in [6.07, 6.45) is 1.91. The van der Waals surface area contributed by atoms with Gasteiger partial charge in [-0.15, -0.1) is 0 Å². The largest absolute Gasteiger partial charge is 0.481 e. The zero-order valence-corrected chi connectivity index (χ0v) is 11.7. The standard InChI is InChI=1S/C15H14ClNO3/c1-20-14-11(5-3-7-17-14)9-13(15(18)19)10-4-2-6-12(16)8-10/h2-8,13H,9H2,1H3,(H,18,19). The van der Waals surface area contributed by atoms with Crippen LogP contribution in [0, 0.1) is 0 Å². The van der Waals surface area contributed by atoms with Gasteiger partial charge < -0.3 is 9.84 Å². The maximum atomic E-state index is 11.5. The smallest absolute Gasteiger partial charge is 0.311 e. The van der Waals surface area contributed by atoms with Crippen molar-refractivity contribution in [3.8, 4) is 5.88 Å². The third kappa shape index (κ3) is 3.27. The number of halogens is 1. The molecule has 0 spiro atoms. The molecule has 1 aromatic carbocycles. The molecular formula is C15H14ClNO3. The second kappa shape index (κ2) is 6.39. The number of carbonyl (C=O) groups is 1. The lowest BCUT2D eigenvalue weighted by molar-refractivity contribution is -0.138. The number of hydrogen-bond donors (Lipinski definition) is 1. The van der Waals surface area contributed by atoms with Crippen molar-refractivity contribution in [3.63, 3.8) is 0 Å². The van der Waals surface area contributed by atoms with Gasteiger partial charge in [-0.1, -0.05) is 29.8 Å². The Kier molecular flexibility index (Phi) is 4.58. The van der Waals surface area contributed by atoms with E-state index in [2.05, 4.69) is 4.98 Å². The van der Waals surface area contributed by atoms with E-state index >= 15 is 0 Å². The van der Waals surface area contributed by atoms with Gasteiger partial charge in [-0.05, 0) is 30.2 Å². The summed E-state index contributed by atoms with van der Waals surface area (Å²) in [5, 5.41) is 9.96. The van der Waals surface area contributed by atoms with E-state index in [1.165, 1.54) is 7.11 Å². The topological polar surface area (TPSA) is 59.4 Å². The molecule has 1 aromatic heterocycles. The van der Waals surface area contributed by atoms with Crippen LogP contribution in [-0.4, -0.2) is 23.2 Å². The molecule has 0 bridgehead atoms. The molecule has 0 aliphatic carbocycles. The van der Waals surface area contributed by atoms with Gasteiger partial charge in [0.1, 0.15) is 0 Å². The lowest BCUT2D eigenvalue weighted by Crippen LogP contribution is -2.15. The third-order valence-corrected chi connectivity index (χ3v) is 3.25. The maximum absolute atomic E-state index is 11.5. The Morgan fingerprint density at radius 3 is 2.85 bits per heavy atom. The van der Waals surface area contributed by atoms with Gasteiger partial charge in [0.2, 0.25) is 5.88 Å². The second-order valence-corrected chi connectivity index (χ2v) is 4.76. The van der Waals surface area contributed by atoms with Crippen LogP contribution in [0.5, 0.6) is 5.88 Å². The van der Waals surface area contributed by atoms with Crippen LogP contribution < -0.4 is 4.74 Å². The number of aromatic nitrogens is 1. The zero-order valence-electron chi connectivity index (χ0n) is 10.9. The molecular weight excluding hydrogens is 278 g/mol. The third-order valence-electron chi connectivity index (χ3n) is 3.02. The van der Waals surface area contributed by atoms with E-state index in [9.17, 15) is 9.90 Å². The molecule has 1 heterocycles. The monoisotopic (exact) mass is 291 g/mol. The molecule has 4 nitrogen and oxygen atoms in total. The normalized spacial score (nSPS) is 11.9. The molecule has 1 atom stereocenters. The van der Waals surface area contributed by atoms with Gasteiger partial charge >= 0.3 is 5.97 Å². The lowest BCUT2D eigenvalue weighted by atomic mass is 9.92. The molecule has 20 heavy (non-hydrogen) atoms. The molecule has 0 fully saturated rings. The molecule has 1 unspecified atom stereocenters. The molecule has 1 N–H and O–H groups in total. The highest BCUT2D eigenvalue weighted by atomic mass is 35.5. The number of rotatable bonds is 5. The van der Waals surface area contributed by atoms with Crippen molar-refractivity contribution in [2.75, 3.05) is 7.11 Å². The molecule has 0 saturated heterocycles. The summed E-state index contributed by atoms with van der Waals surface area (Å²) in [5.74, 6) is -1.15. The van der Waals surface area contributed by atoms with Crippen LogP contribution in [0.1, 0.15) is 17.0 Å². The van der Waals surface area contributed by atoms with Crippen LogP contribution in [0.2, 0.25) is 5.02 Å². The van der Waals surface area contributed by atoms with E-state index in [4.69, 9.17) is 16.3 Å². The van der Waals surface area contributed by atoms with Gasteiger partial charge in [0.25, 0.3) is 0 Å². The van der Waals surface area contributed by atoms with Gasteiger partial charge in [0, 0.05) is 16.8 Å². The van der Waals surface area contributed by atoms with Gasteiger partial charge in [0.05, 0.1) is 13.0 Å². The number of benzene rings is 1. The number of hydrogen-bond acceptors (Lipinski definition) is 3. The Hall–Kier alpha value is -2.07. The van der Waals surface area contributed by atoms with E-state index in [0.717, 1.165) is 5.56 Å². The van der Waals surface area contributed by atoms with Crippen LogP contribution >= 0.6 is 11.6 Å². The molecule has 0 amide bonds. The number of nitrogens with zero attached hydrogens (tertiary/aromatic N) is 1. The van der Waals surface area contributed by atoms with E-state index in [-0.39, 0.29) is 0 Å². The molecule has 2 aromatic rings. The summed E-state index contributed by atoms with van der Waals surface area (Å²) in [4.78, 5) is 15.6. The molecule has 5 heteroatoms. The highest BCUT2D eigenvalue weighted by Gasteiger charge is 2.22. The Balaban J connectivity index is 2.33. The summed E-state index contributed by atoms with van der Waals surface area (Å²) < 4.78 is 5.16. The first-order valence-electron chi connectivity index (χ1n) is 6.08. The fourth-order valence-corrected chi connectivity index (χ4v) is 2.25. The van der Waals surface area contributed by atoms with E-state index in [0.29, 0.717) is 22.9 Å². The van der Waals surface area contributed by atoms with Crippen LogP contribution in [0.3, 0.4) is 0 Å². The van der Waals surface area contributed by atoms with Gasteiger partial charge in [0.15, 0.2) is 0 Å². The van der Waals surface area contributed by atoms with Gasteiger partial charge in [-0.2, -0.15) is 0 Å². The van der Waals surface area contributed by atoms with Crippen molar-refractivity contribution >= 4 is 17.6 Å². The highest BCUT2D eigenvalue weighted by molar-refractivity contribution is 6.30. The van der Waals surface area contributed by atoms with Crippen LogP contribution in [0.15, 0.2) is 42.6 Å². The summed E-state index contributed by atoms with van der Waals surface area (Å²) in [6.45, 7) is 0. The van der Waals surface area contributed by atoms with Crippen molar-refractivity contribution in [1.82, 2.24) is 4.98 Å². The first-order chi connectivity index (χ1) is 9.61. The molecule has 0 radical (unpaired) electrons. The molecule has 0 aliphatic rings. The minimum absolute atomic E-state index is 0.298. The highest BCUT2D eigenvalue weighted by Crippen LogP contribution is 2.27. The summed E-state index contributed by atoms with van der Waals surface area (Å²) >= 11 is 5.93. The number of carboxylic acids is 1. The van der Waals surface area contributed by atoms with Crippen molar-refractivity contribution < 1.29 is 14.6 Å². The Labute approximate surface area is 122 Å². The van der Waals surface area contributed by atoms with Crippen molar-refractivity contribution in [2.24, 2.45) is 0 Å². The Bertz CT molecular complexity index is 616.